The highest BCUT2D eigenvalue weighted by atomic mass is 19.4. The third-order valence-electron chi connectivity index (χ3n) is 4.62. The Morgan fingerprint density at radius 2 is 1.89 bits per heavy atom. The van der Waals surface area contributed by atoms with Crippen LogP contribution in [0.2, 0.25) is 0 Å². The Balaban J connectivity index is 1.62. The largest absolute Gasteiger partial charge is 0.491 e. The van der Waals surface area contributed by atoms with E-state index in [0.717, 1.165) is 12.8 Å². The molecule has 0 spiro atoms. The number of hydrogen-bond acceptors (Lipinski definition) is 3. The maximum atomic E-state index is 13.2. The van der Waals surface area contributed by atoms with Gasteiger partial charge >= 0.3 is 6.18 Å². The Hall–Kier alpha value is -2.51. The van der Waals surface area contributed by atoms with Crippen molar-refractivity contribution in [1.82, 2.24) is 15.1 Å². The SMILES string of the molecule is CC(C)Oc1ccc(C(=O)NCCn2nc(C(F)(F)F)c3c2CCCC3)cc1. The zero-order valence-corrected chi connectivity index (χ0v) is 16.0. The lowest BCUT2D eigenvalue weighted by Gasteiger charge is -2.15. The van der Waals surface area contributed by atoms with Gasteiger partial charge in [0.05, 0.1) is 12.6 Å². The van der Waals surface area contributed by atoms with Crippen LogP contribution in [0, 0.1) is 0 Å². The molecule has 3 rings (SSSR count). The number of carbonyl (C=O) groups excluding carboxylic acids is 1. The van der Waals surface area contributed by atoms with Gasteiger partial charge in [0.1, 0.15) is 5.75 Å². The molecule has 0 bridgehead atoms. The van der Waals surface area contributed by atoms with Gasteiger partial charge in [-0.1, -0.05) is 0 Å². The standard InChI is InChI=1S/C20H24F3N3O2/c1-13(2)28-15-9-7-14(8-10-15)19(27)24-11-12-26-17-6-4-3-5-16(17)18(25-26)20(21,22)23/h7-10,13H,3-6,11-12H2,1-2H3,(H,24,27). The number of ether oxygens (including phenoxy) is 1. The summed E-state index contributed by atoms with van der Waals surface area (Å²) < 4.78 is 46.6. The number of benzene rings is 1. The molecule has 152 valence electrons. The molecule has 0 saturated heterocycles. The number of halogens is 3. The van der Waals surface area contributed by atoms with E-state index >= 15 is 0 Å². The summed E-state index contributed by atoms with van der Waals surface area (Å²) in [5.41, 5.74) is 0.637. The molecule has 1 aliphatic carbocycles. The monoisotopic (exact) mass is 395 g/mol. The van der Waals surface area contributed by atoms with E-state index in [4.69, 9.17) is 4.74 Å². The highest BCUT2D eigenvalue weighted by Gasteiger charge is 2.39. The van der Waals surface area contributed by atoms with Crippen LogP contribution in [0.25, 0.3) is 0 Å². The van der Waals surface area contributed by atoms with Gasteiger partial charge in [-0.2, -0.15) is 18.3 Å². The predicted octanol–water partition coefficient (Wildman–Crippen LogP) is 4.00. The van der Waals surface area contributed by atoms with Crippen molar-refractivity contribution in [3.05, 3.63) is 46.8 Å². The van der Waals surface area contributed by atoms with Gasteiger partial charge in [0.15, 0.2) is 5.69 Å². The first-order chi connectivity index (χ1) is 13.3. The summed E-state index contributed by atoms with van der Waals surface area (Å²) in [5, 5.41) is 6.54. The van der Waals surface area contributed by atoms with Crippen molar-refractivity contribution >= 4 is 5.91 Å². The Morgan fingerprint density at radius 3 is 2.54 bits per heavy atom. The van der Waals surface area contributed by atoms with Gasteiger partial charge in [-0.05, 0) is 63.8 Å². The third kappa shape index (κ3) is 4.66. The lowest BCUT2D eigenvalue weighted by Crippen LogP contribution is -2.28. The van der Waals surface area contributed by atoms with E-state index in [1.807, 2.05) is 13.8 Å². The number of nitrogens with one attached hydrogen (secondary N) is 1. The molecule has 0 fully saturated rings. The maximum absolute atomic E-state index is 13.2. The quantitative estimate of drug-likeness (QED) is 0.805. The number of amides is 1. The van der Waals surface area contributed by atoms with E-state index in [2.05, 4.69) is 10.4 Å². The van der Waals surface area contributed by atoms with Crippen molar-refractivity contribution in [2.45, 2.75) is 58.4 Å². The van der Waals surface area contributed by atoms with Crippen LogP contribution in [-0.4, -0.2) is 28.3 Å². The Morgan fingerprint density at radius 1 is 1.21 bits per heavy atom. The summed E-state index contributed by atoms with van der Waals surface area (Å²) in [4.78, 5) is 12.3. The minimum absolute atomic E-state index is 0.0428. The molecule has 1 aromatic heterocycles. The minimum Gasteiger partial charge on any atom is -0.491 e. The minimum atomic E-state index is -4.45. The zero-order chi connectivity index (χ0) is 20.3. The van der Waals surface area contributed by atoms with Gasteiger partial charge in [0.2, 0.25) is 0 Å². The molecule has 2 aromatic rings. The summed E-state index contributed by atoms with van der Waals surface area (Å²) >= 11 is 0. The van der Waals surface area contributed by atoms with Crippen molar-refractivity contribution in [1.29, 1.82) is 0 Å². The van der Waals surface area contributed by atoms with Crippen LogP contribution in [0.3, 0.4) is 0 Å². The molecular weight excluding hydrogens is 371 g/mol. The highest BCUT2D eigenvalue weighted by molar-refractivity contribution is 5.94. The first-order valence-electron chi connectivity index (χ1n) is 9.46. The number of aromatic nitrogens is 2. The molecule has 0 atom stereocenters. The van der Waals surface area contributed by atoms with Crippen LogP contribution in [0.15, 0.2) is 24.3 Å². The average molecular weight is 395 g/mol. The van der Waals surface area contributed by atoms with Gasteiger partial charge in [-0.3, -0.25) is 9.48 Å². The summed E-state index contributed by atoms with van der Waals surface area (Å²) in [6.07, 6.45) is -1.82. The Bertz CT molecular complexity index is 826. The smallest absolute Gasteiger partial charge is 0.435 e. The normalized spacial score (nSPS) is 14.1. The van der Waals surface area contributed by atoms with Gasteiger partial charge in [0.25, 0.3) is 5.91 Å². The fourth-order valence-electron chi connectivity index (χ4n) is 3.42. The third-order valence-corrected chi connectivity index (χ3v) is 4.62. The second-order valence-electron chi connectivity index (χ2n) is 7.15. The molecule has 0 saturated carbocycles. The molecule has 1 aromatic carbocycles. The molecular formula is C20H24F3N3O2. The number of nitrogens with zero attached hydrogens (tertiary/aromatic N) is 2. The van der Waals surface area contributed by atoms with Crippen molar-refractivity contribution in [2.75, 3.05) is 6.54 Å². The first-order valence-corrected chi connectivity index (χ1v) is 9.46. The van der Waals surface area contributed by atoms with Crippen LogP contribution < -0.4 is 10.1 Å². The second kappa shape index (κ2) is 8.24. The second-order valence-corrected chi connectivity index (χ2v) is 7.15. The zero-order valence-electron chi connectivity index (χ0n) is 16.0. The Kier molecular flexibility index (Phi) is 5.96. The van der Waals surface area contributed by atoms with Crippen LogP contribution >= 0.6 is 0 Å². The number of rotatable bonds is 6. The molecule has 8 heteroatoms. The highest BCUT2D eigenvalue weighted by Crippen LogP contribution is 2.35. The van der Waals surface area contributed by atoms with Gasteiger partial charge in [-0.25, -0.2) is 0 Å². The van der Waals surface area contributed by atoms with E-state index < -0.39 is 11.9 Å². The van der Waals surface area contributed by atoms with Crippen molar-refractivity contribution in [3.8, 4) is 5.75 Å². The topological polar surface area (TPSA) is 56.1 Å². The van der Waals surface area contributed by atoms with E-state index in [0.29, 0.717) is 35.4 Å². The summed E-state index contributed by atoms with van der Waals surface area (Å²) in [6, 6.07) is 6.75. The lowest BCUT2D eigenvalue weighted by atomic mass is 9.95. The summed E-state index contributed by atoms with van der Waals surface area (Å²) in [6.45, 7) is 4.24. The van der Waals surface area contributed by atoms with E-state index in [-0.39, 0.29) is 25.1 Å². The van der Waals surface area contributed by atoms with Crippen LogP contribution in [0.5, 0.6) is 5.75 Å². The molecule has 0 radical (unpaired) electrons. The fourth-order valence-corrected chi connectivity index (χ4v) is 3.42. The van der Waals surface area contributed by atoms with E-state index in [1.165, 1.54) is 4.68 Å². The van der Waals surface area contributed by atoms with Crippen molar-refractivity contribution in [3.63, 3.8) is 0 Å². The lowest BCUT2D eigenvalue weighted by molar-refractivity contribution is -0.142. The van der Waals surface area contributed by atoms with Gasteiger partial charge < -0.3 is 10.1 Å². The van der Waals surface area contributed by atoms with Crippen LogP contribution in [-0.2, 0) is 25.6 Å². The number of carbonyl (C=O) groups is 1. The number of hydrogen-bond donors (Lipinski definition) is 1. The predicted molar refractivity (Wildman–Crippen MR) is 98.4 cm³/mol. The van der Waals surface area contributed by atoms with E-state index in [1.54, 1.807) is 24.3 Å². The summed E-state index contributed by atoms with van der Waals surface area (Å²) in [5.74, 6) is 0.391. The molecule has 1 amide bonds. The van der Waals surface area contributed by atoms with Gasteiger partial charge in [0, 0.05) is 23.4 Å². The first kappa shape index (κ1) is 20.2. The molecule has 28 heavy (non-hydrogen) atoms. The molecule has 5 nitrogen and oxygen atoms in total. The number of alkyl halides is 3. The molecule has 1 N–H and O–H groups in total. The van der Waals surface area contributed by atoms with Crippen molar-refractivity contribution in [2.24, 2.45) is 0 Å². The maximum Gasteiger partial charge on any atom is 0.435 e. The Labute approximate surface area is 161 Å². The summed E-state index contributed by atoms with van der Waals surface area (Å²) in [7, 11) is 0. The van der Waals surface area contributed by atoms with Crippen LogP contribution in [0.1, 0.15) is 54.0 Å². The van der Waals surface area contributed by atoms with Gasteiger partial charge in [-0.15, -0.1) is 0 Å². The fraction of sp³-hybridized carbons (Fsp3) is 0.500. The molecule has 1 aliphatic rings. The van der Waals surface area contributed by atoms with Crippen LogP contribution in [0.4, 0.5) is 13.2 Å². The molecule has 1 heterocycles. The number of fused-ring (bicyclic) bond motifs is 1. The van der Waals surface area contributed by atoms with E-state index in [9.17, 15) is 18.0 Å². The average Bonchev–Trinajstić information content (AvgIpc) is 3.01. The van der Waals surface area contributed by atoms with Crippen molar-refractivity contribution < 1.29 is 22.7 Å². The molecule has 0 unspecified atom stereocenters. The molecule has 0 aliphatic heterocycles.